The van der Waals surface area contributed by atoms with E-state index in [1.54, 1.807) is 24.3 Å². The van der Waals surface area contributed by atoms with Gasteiger partial charge in [0.2, 0.25) is 0 Å². The topological polar surface area (TPSA) is 63.6 Å². The number of hydrogen-bond acceptors (Lipinski definition) is 3. The molecule has 1 aromatic rings. The lowest BCUT2D eigenvalue weighted by molar-refractivity contribution is -0.132. The van der Waals surface area contributed by atoms with Crippen molar-refractivity contribution >= 4 is 18.0 Å². The van der Waals surface area contributed by atoms with Crippen LogP contribution in [-0.2, 0) is 9.59 Å². The van der Waals surface area contributed by atoms with E-state index in [-0.39, 0.29) is 5.97 Å². The van der Waals surface area contributed by atoms with Gasteiger partial charge >= 0.3 is 11.9 Å². The van der Waals surface area contributed by atoms with Crippen molar-refractivity contribution < 1.29 is 19.4 Å². The maximum atomic E-state index is 10.6. The minimum Gasteiger partial charge on any atom is -0.478 e. The molecule has 4 nitrogen and oxygen atoms in total. The van der Waals surface area contributed by atoms with Crippen LogP contribution in [0.25, 0.3) is 6.08 Å². The van der Waals surface area contributed by atoms with E-state index < -0.39 is 5.97 Å². The van der Waals surface area contributed by atoms with Gasteiger partial charge in [0, 0.05) is 13.0 Å². The number of carbonyl (C=O) groups is 2. The van der Waals surface area contributed by atoms with Gasteiger partial charge < -0.3 is 9.84 Å². The molecule has 0 heterocycles. The molecule has 1 aromatic carbocycles. The lowest BCUT2D eigenvalue weighted by Crippen LogP contribution is -2.00. The first-order valence-electron chi connectivity index (χ1n) is 4.27. The molecular weight excluding hydrogens is 196 g/mol. The summed E-state index contributed by atoms with van der Waals surface area (Å²) >= 11 is 0. The van der Waals surface area contributed by atoms with Crippen LogP contribution in [-0.4, -0.2) is 17.0 Å². The molecule has 0 aromatic heterocycles. The Hall–Kier alpha value is -2.10. The molecule has 4 heteroatoms. The molecule has 0 saturated carbocycles. The van der Waals surface area contributed by atoms with E-state index in [1.807, 2.05) is 0 Å². The van der Waals surface area contributed by atoms with Crippen LogP contribution in [0.1, 0.15) is 12.5 Å². The molecular formula is C11H10O4. The van der Waals surface area contributed by atoms with Crippen molar-refractivity contribution in [3.05, 3.63) is 35.9 Å². The summed E-state index contributed by atoms with van der Waals surface area (Å²) in [6, 6.07) is 6.53. The van der Waals surface area contributed by atoms with Crippen molar-refractivity contribution in [2.24, 2.45) is 0 Å². The highest BCUT2D eigenvalue weighted by molar-refractivity contribution is 5.85. The average molecular weight is 206 g/mol. The zero-order valence-electron chi connectivity index (χ0n) is 8.14. The van der Waals surface area contributed by atoms with Crippen LogP contribution in [0.2, 0.25) is 0 Å². The standard InChI is InChI=1S/C11H10O4/c1-8(12)15-10-5-2-9(3-6-10)4-7-11(13)14/h2-7H,1H3,(H,13,14)/b7-4-. The highest BCUT2D eigenvalue weighted by Crippen LogP contribution is 2.13. The summed E-state index contributed by atoms with van der Waals surface area (Å²) in [7, 11) is 0. The molecule has 1 rings (SSSR count). The van der Waals surface area contributed by atoms with Crippen LogP contribution in [0.3, 0.4) is 0 Å². The van der Waals surface area contributed by atoms with E-state index in [9.17, 15) is 9.59 Å². The third-order valence-electron chi connectivity index (χ3n) is 1.56. The number of ether oxygens (including phenoxy) is 1. The zero-order valence-corrected chi connectivity index (χ0v) is 8.14. The Labute approximate surface area is 86.8 Å². The molecule has 0 unspecified atom stereocenters. The first-order valence-corrected chi connectivity index (χ1v) is 4.27. The fourth-order valence-corrected chi connectivity index (χ4v) is 0.980. The summed E-state index contributed by atoms with van der Waals surface area (Å²) in [5, 5.41) is 8.39. The largest absolute Gasteiger partial charge is 0.478 e. The highest BCUT2D eigenvalue weighted by atomic mass is 16.5. The van der Waals surface area contributed by atoms with Crippen LogP contribution in [0, 0.1) is 0 Å². The van der Waals surface area contributed by atoms with Crippen molar-refractivity contribution in [2.45, 2.75) is 6.92 Å². The average Bonchev–Trinajstić information content (AvgIpc) is 2.16. The molecule has 0 bridgehead atoms. The van der Waals surface area contributed by atoms with Gasteiger partial charge in [0.25, 0.3) is 0 Å². The van der Waals surface area contributed by atoms with Gasteiger partial charge in [-0.15, -0.1) is 0 Å². The Kier molecular flexibility index (Phi) is 3.62. The smallest absolute Gasteiger partial charge is 0.328 e. The maximum absolute atomic E-state index is 10.6. The second-order valence-corrected chi connectivity index (χ2v) is 2.83. The van der Waals surface area contributed by atoms with Crippen molar-refractivity contribution in [2.75, 3.05) is 0 Å². The first-order chi connectivity index (χ1) is 7.08. The van der Waals surface area contributed by atoms with Gasteiger partial charge in [-0.3, -0.25) is 4.79 Å². The lowest BCUT2D eigenvalue weighted by Gasteiger charge is -2.00. The van der Waals surface area contributed by atoms with E-state index >= 15 is 0 Å². The SMILES string of the molecule is CC(=O)Oc1ccc(/C=C\C(=O)O)cc1. The highest BCUT2D eigenvalue weighted by Gasteiger charge is 1.96. The van der Waals surface area contributed by atoms with Crippen molar-refractivity contribution in [1.29, 1.82) is 0 Å². The van der Waals surface area contributed by atoms with Crippen LogP contribution in [0.4, 0.5) is 0 Å². The number of carboxylic acids is 1. The predicted molar refractivity (Wildman–Crippen MR) is 54.4 cm³/mol. The van der Waals surface area contributed by atoms with E-state index in [4.69, 9.17) is 9.84 Å². The van der Waals surface area contributed by atoms with Gasteiger partial charge in [0.15, 0.2) is 0 Å². The van der Waals surface area contributed by atoms with Crippen LogP contribution < -0.4 is 4.74 Å². The summed E-state index contributed by atoms with van der Waals surface area (Å²) < 4.78 is 4.82. The van der Waals surface area contributed by atoms with E-state index in [0.29, 0.717) is 5.75 Å². The number of esters is 1. The van der Waals surface area contributed by atoms with E-state index in [0.717, 1.165) is 11.6 Å². The molecule has 0 spiro atoms. The quantitative estimate of drug-likeness (QED) is 0.464. The fraction of sp³-hybridized carbons (Fsp3) is 0.0909. The third kappa shape index (κ3) is 4.08. The molecule has 0 aliphatic carbocycles. The van der Waals surface area contributed by atoms with Gasteiger partial charge in [0.1, 0.15) is 5.75 Å². The molecule has 0 saturated heterocycles. The number of benzene rings is 1. The summed E-state index contributed by atoms with van der Waals surface area (Å²) in [5.74, 6) is -0.946. The molecule has 1 N–H and O–H groups in total. The summed E-state index contributed by atoms with van der Waals surface area (Å²) in [4.78, 5) is 20.8. The molecule has 78 valence electrons. The molecule has 0 amide bonds. The normalized spacial score (nSPS) is 10.2. The molecule has 0 radical (unpaired) electrons. The maximum Gasteiger partial charge on any atom is 0.328 e. The number of carboxylic acid groups (broad SMARTS) is 1. The summed E-state index contributed by atoms with van der Waals surface area (Å²) in [6.45, 7) is 1.32. The molecule has 0 atom stereocenters. The van der Waals surface area contributed by atoms with Gasteiger partial charge in [-0.05, 0) is 23.8 Å². The van der Waals surface area contributed by atoms with Crippen LogP contribution in [0.15, 0.2) is 30.3 Å². The molecule has 0 aliphatic heterocycles. The van der Waals surface area contributed by atoms with Crippen LogP contribution in [0.5, 0.6) is 5.75 Å². The van der Waals surface area contributed by atoms with Gasteiger partial charge in [-0.1, -0.05) is 12.1 Å². The van der Waals surface area contributed by atoms with Crippen LogP contribution >= 0.6 is 0 Å². The summed E-state index contributed by atoms with van der Waals surface area (Å²) in [6.07, 6.45) is 2.50. The number of hydrogen-bond donors (Lipinski definition) is 1. The third-order valence-corrected chi connectivity index (χ3v) is 1.56. The Bertz CT molecular complexity index is 390. The number of carbonyl (C=O) groups excluding carboxylic acids is 1. The lowest BCUT2D eigenvalue weighted by atomic mass is 10.2. The molecule has 0 fully saturated rings. The Morgan fingerprint density at radius 3 is 2.33 bits per heavy atom. The van der Waals surface area contributed by atoms with Crippen molar-refractivity contribution in [1.82, 2.24) is 0 Å². The van der Waals surface area contributed by atoms with E-state index in [1.165, 1.54) is 13.0 Å². The molecule has 15 heavy (non-hydrogen) atoms. The minimum atomic E-state index is -1.00. The number of rotatable bonds is 3. The monoisotopic (exact) mass is 206 g/mol. The fourth-order valence-electron chi connectivity index (χ4n) is 0.980. The van der Waals surface area contributed by atoms with Crippen molar-refractivity contribution in [3.63, 3.8) is 0 Å². The zero-order chi connectivity index (χ0) is 11.3. The van der Waals surface area contributed by atoms with E-state index in [2.05, 4.69) is 0 Å². The number of aliphatic carboxylic acids is 1. The van der Waals surface area contributed by atoms with Gasteiger partial charge in [0.05, 0.1) is 0 Å². The van der Waals surface area contributed by atoms with Gasteiger partial charge in [-0.25, -0.2) is 4.79 Å². The Balaban J connectivity index is 2.72. The second-order valence-electron chi connectivity index (χ2n) is 2.83. The summed E-state index contributed by atoms with van der Waals surface area (Å²) in [5.41, 5.74) is 0.730. The molecule has 0 aliphatic rings. The van der Waals surface area contributed by atoms with Gasteiger partial charge in [-0.2, -0.15) is 0 Å². The minimum absolute atomic E-state index is 0.385. The Morgan fingerprint density at radius 2 is 1.87 bits per heavy atom. The Morgan fingerprint density at radius 1 is 1.27 bits per heavy atom. The second kappa shape index (κ2) is 4.95. The predicted octanol–water partition coefficient (Wildman–Crippen LogP) is 1.71. The van der Waals surface area contributed by atoms with Crippen molar-refractivity contribution in [3.8, 4) is 5.75 Å². The first kappa shape index (κ1) is 11.0.